The highest BCUT2D eigenvalue weighted by atomic mass is 16.5. The van der Waals surface area contributed by atoms with E-state index in [1.165, 1.54) is 11.1 Å². The van der Waals surface area contributed by atoms with Gasteiger partial charge in [0, 0.05) is 6.54 Å². The van der Waals surface area contributed by atoms with Crippen molar-refractivity contribution in [3.05, 3.63) is 112 Å². The lowest BCUT2D eigenvalue weighted by Gasteiger charge is -2.33. The lowest BCUT2D eigenvalue weighted by Crippen LogP contribution is -2.23. The van der Waals surface area contributed by atoms with Crippen molar-refractivity contribution < 1.29 is 14.3 Å². The van der Waals surface area contributed by atoms with Crippen molar-refractivity contribution >= 4 is 17.3 Å². The predicted octanol–water partition coefficient (Wildman–Crippen LogP) is 6.16. The maximum atomic E-state index is 12.9. The molecular formula is C31H33NO3. The first-order chi connectivity index (χ1) is 16.8. The Hall–Kier alpha value is -3.50. The molecule has 4 rings (SSSR count). The highest BCUT2D eigenvalue weighted by molar-refractivity contribution is 5.91. The molecule has 1 aliphatic rings. The number of ketones is 1. The highest BCUT2D eigenvalue weighted by Crippen LogP contribution is 2.43. The Morgan fingerprint density at radius 2 is 1.66 bits per heavy atom. The molecule has 1 unspecified atom stereocenters. The fourth-order valence-electron chi connectivity index (χ4n) is 5.04. The molecule has 1 aliphatic carbocycles. The molecule has 0 spiro atoms. The Morgan fingerprint density at radius 3 is 2.31 bits per heavy atom. The van der Waals surface area contributed by atoms with Gasteiger partial charge in [-0.15, -0.1) is 0 Å². The Kier molecular flexibility index (Phi) is 7.04. The van der Waals surface area contributed by atoms with Crippen molar-refractivity contribution in [2.75, 3.05) is 6.61 Å². The zero-order valence-electron chi connectivity index (χ0n) is 20.9. The maximum absolute atomic E-state index is 12.9. The van der Waals surface area contributed by atoms with Gasteiger partial charge in [0.15, 0.2) is 0 Å². The largest absolute Gasteiger partial charge is 0.462 e. The minimum absolute atomic E-state index is 0.0119. The van der Waals surface area contributed by atoms with Crippen molar-refractivity contribution in [1.29, 1.82) is 0 Å². The van der Waals surface area contributed by atoms with Gasteiger partial charge in [-0.3, -0.25) is 4.79 Å². The molecule has 0 aromatic heterocycles. The van der Waals surface area contributed by atoms with E-state index in [4.69, 9.17) is 10.5 Å². The van der Waals surface area contributed by atoms with Crippen LogP contribution in [0.1, 0.15) is 83.8 Å². The second kappa shape index (κ2) is 10.0. The normalized spacial score (nSPS) is 15.1. The summed E-state index contributed by atoms with van der Waals surface area (Å²) in [7, 11) is 0. The van der Waals surface area contributed by atoms with Crippen LogP contribution in [0.3, 0.4) is 0 Å². The molecule has 3 aromatic carbocycles. The fourth-order valence-corrected chi connectivity index (χ4v) is 5.04. The van der Waals surface area contributed by atoms with Crippen LogP contribution >= 0.6 is 0 Å². The Labute approximate surface area is 207 Å². The van der Waals surface area contributed by atoms with Crippen LogP contribution in [0.15, 0.2) is 72.8 Å². The number of benzene rings is 3. The van der Waals surface area contributed by atoms with E-state index >= 15 is 0 Å². The van der Waals surface area contributed by atoms with Gasteiger partial charge in [0.25, 0.3) is 0 Å². The molecule has 3 aromatic rings. The van der Waals surface area contributed by atoms with Gasteiger partial charge in [0.05, 0.1) is 18.1 Å². The van der Waals surface area contributed by atoms with Crippen LogP contribution in [0.2, 0.25) is 0 Å². The van der Waals surface area contributed by atoms with Gasteiger partial charge in [0.1, 0.15) is 5.78 Å². The molecule has 180 valence electrons. The Balaban J connectivity index is 1.81. The molecule has 2 N–H and O–H groups in total. The summed E-state index contributed by atoms with van der Waals surface area (Å²) >= 11 is 0. The number of nitrogens with two attached hydrogens (primary N) is 1. The molecule has 0 fully saturated rings. The molecule has 0 bridgehead atoms. The molecule has 0 radical (unpaired) electrons. The first kappa shape index (κ1) is 24.6. The Morgan fingerprint density at radius 1 is 0.971 bits per heavy atom. The Bertz CT molecular complexity index is 1280. The molecule has 0 aliphatic heterocycles. The molecule has 0 saturated heterocycles. The van der Waals surface area contributed by atoms with Gasteiger partial charge in [-0.25, -0.2) is 4.79 Å². The zero-order chi connectivity index (χ0) is 25.2. The van der Waals surface area contributed by atoms with Crippen LogP contribution in [0.5, 0.6) is 0 Å². The second-order valence-electron chi connectivity index (χ2n) is 9.76. The van der Waals surface area contributed by atoms with Crippen molar-refractivity contribution in [3.8, 4) is 0 Å². The minimum atomic E-state index is -0.424. The third-order valence-corrected chi connectivity index (χ3v) is 6.90. The summed E-state index contributed by atoms with van der Waals surface area (Å²) in [6.45, 7) is 8.70. The molecule has 35 heavy (non-hydrogen) atoms. The lowest BCUT2D eigenvalue weighted by molar-refractivity contribution is -0.117. The number of hydrogen-bond donors (Lipinski definition) is 1. The van der Waals surface area contributed by atoms with Gasteiger partial charge < -0.3 is 10.5 Å². The van der Waals surface area contributed by atoms with E-state index in [1.54, 1.807) is 26.0 Å². The topological polar surface area (TPSA) is 69.4 Å². The van der Waals surface area contributed by atoms with E-state index in [0.717, 1.165) is 34.2 Å². The first-order valence-electron chi connectivity index (χ1n) is 12.2. The molecule has 0 saturated carbocycles. The van der Waals surface area contributed by atoms with Gasteiger partial charge in [-0.05, 0) is 82.8 Å². The van der Waals surface area contributed by atoms with Gasteiger partial charge in [-0.1, -0.05) is 68.5 Å². The number of Topliss-reactive ketones (excluding diaryl/α,β-unsaturated/α-hetero) is 1. The number of allylic oxidation sites excluding steroid dienone is 1. The summed E-state index contributed by atoms with van der Waals surface area (Å²) in [5, 5.41) is 0. The number of hydrogen-bond acceptors (Lipinski definition) is 4. The average Bonchev–Trinajstić information content (AvgIpc) is 2.84. The highest BCUT2D eigenvalue weighted by Gasteiger charge is 2.31. The van der Waals surface area contributed by atoms with Gasteiger partial charge >= 0.3 is 5.97 Å². The van der Waals surface area contributed by atoms with Crippen LogP contribution in [0.25, 0.3) is 5.57 Å². The first-order valence-corrected chi connectivity index (χ1v) is 12.2. The average molecular weight is 468 g/mol. The van der Waals surface area contributed by atoms with E-state index in [9.17, 15) is 9.59 Å². The van der Waals surface area contributed by atoms with Crippen molar-refractivity contribution in [3.63, 3.8) is 0 Å². The molecule has 4 nitrogen and oxygen atoms in total. The van der Waals surface area contributed by atoms with Crippen molar-refractivity contribution in [2.24, 2.45) is 5.73 Å². The third kappa shape index (κ3) is 4.85. The summed E-state index contributed by atoms with van der Waals surface area (Å²) in [6.07, 6.45) is 3.23. The summed E-state index contributed by atoms with van der Waals surface area (Å²) in [5.41, 5.74) is 14.2. The van der Waals surface area contributed by atoms with Crippen LogP contribution in [0.4, 0.5) is 0 Å². The van der Waals surface area contributed by atoms with E-state index in [0.29, 0.717) is 18.7 Å². The number of carbonyl (C=O) groups excluding carboxylic acids is 2. The van der Waals surface area contributed by atoms with Crippen LogP contribution < -0.4 is 5.73 Å². The summed E-state index contributed by atoms with van der Waals surface area (Å²) < 4.78 is 5.09. The number of ether oxygens (including phenoxy) is 1. The molecule has 1 atom stereocenters. The maximum Gasteiger partial charge on any atom is 0.338 e. The van der Waals surface area contributed by atoms with Crippen LogP contribution in [-0.2, 0) is 21.5 Å². The number of esters is 1. The van der Waals surface area contributed by atoms with E-state index in [-0.39, 0.29) is 17.2 Å². The van der Waals surface area contributed by atoms with Gasteiger partial charge in [0.2, 0.25) is 0 Å². The number of fused-ring (bicyclic) bond motifs is 1. The standard InChI is InChI=1S/C31H33NO3/c1-5-35-30(34)22-12-10-21(11-13-22)29(20(2)33)23-14-15-28-27(18-23)26(16-17-31(28,3)4)25-9-7-6-8-24(25)19-32/h6-16,18,29H,5,17,19,32H2,1-4H3. The minimum Gasteiger partial charge on any atom is -0.462 e. The third-order valence-electron chi connectivity index (χ3n) is 6.90. The summed E-state index contributed by atoms with van der Waals surface area (Å²) in [6, 6.07) is 21.8. The van der Waals surface area contributed by atoms with Gasteiger partial charge in [-0.2, -0.15) is 0 Å². The van der Waals surface area contributed by atoms with E-state index in [1.807, 2.05) is 24.3 Å². The van der Waals surface area contributed by atoms with E-state index in [2.05, 4.69) is 50.3 Å². The lowest BCUT2D eigenvalue weighted by atomic mass is 9.70. The summed E-state index contributed by atoms with van der Waals surface area (Å²) in [4.78, 5) is 25.0. The zero-order valence-corrected chi connectivity index (χ0v) is 20.9. The quantitative estimate of drug-likeness (QED) is 0.423. The number of carbonyl (C=O) groups is 2. The van der Waals surface area contributed by atoms with Crippen LogP contribution in [0, 0.1) is 0 Å². The predicted molar refractivity (Wildman–Crippen MR) is 140 cm³/mol. The molecule has 4 heteroatoms. The monoisotopic (exact) mass is 467 g/mol. The number of rotatable bonds is 7. The van der Waals surface area contributed by atoms with Crippen molar-refractivity contribution in [1.82, 2.24) is 0 Å². The fraction of sp³-hybridized carbons (Fsp3) is 0.290. The molecule has 0 heterocycles. The van der Waals surface area contributed by atoms with E-state index < -0.39 is 5.92 Å². The molecule has 0 amide bonds. The van der Waals surface area contributed by atoms with Crippen molar-refractivity contribution in [2.45, 2.75) is 52.0 Å². The molecular weight excluding hydrogens is 434 g/mol. The van der Waals surface area contributed by atoms with Crippen LogP contribution in [-0.4, -0.2) is 18.4 Å². The summed E-state index contributed by atoms with van der Waals surface area (Å²) in [5.74, 6) is -0.729. The SMILES string of the molecule is CCOC(=O)c1ccc(C(C(C)=O)c2ccc3c(c2)C(c2ccccc2CN)=CCC3(C)C)cc1. The smallest absolute Gasteiger partial charge is 0.338 e. The second-order valence-corrected chi connectivity index (χ2v) is 9.76.